The molecule has 0 unspecified atom stereocenters. The Kier molecular flexibility index (Phi) is 11.0. The fraction of sp³-hybridized carbons (Fsp3) is 0.562. The second kappa shape index (κ2) is 13.9. The molecule has 2 aliphatic rings. The Morgan fingerprint density at radius 1 is 0.732 bits per heavy atom. The third-order valence-corrected chi connectivity index (χ3v) is 7.36. The zero-order valence-electron chi connectivity index (χ0n) is 25.0. The zero-order valence-corrected chi connectivity index (χ0v) is 25.8. The smallest absolute Gasteiger partial charge is 0.410 e. The molecule has 0 atom stereocenters. The topological polar surface area (TPSA) is 59.1 Å². The van der Waals surface area contributed by atoms with Gasteiger partial charge in [0, 0.05) is 31.2 Å². The van der Waals surface area contributed by atoms with Gasteiger partial charge < -0.3 is 19.3 Å². The van der Waals surface area contributed by atoms with Gasteiger partial charge in [-0.25, -0.2) is 18.4 Å². The van der Waals surface area contributed by atoms with E-state index < -0.39 is 11.2 Å². The van der Waals surface area contributed by atoms with Crippen LogP contribution in [-0.2, 0) is 9.47 Å². The maximum absolute atomic E-state index is 13.3. The minimum absolute atomic E-state index is 0.187. The number of likely N-dealkylation sites (tertiary alicyclic amines) is 2. The van der Waals surface area contributed by atoms with E-state index >= 15 is 0 Å². The lowest BCUT2D eigenvalue weighted by Crippen LogP contribution is -2.41. The number of carbonyl (C=O) groups is 2. The van der Waals surface area contributed by atoms with Crippen LogP contribution in [0.3, 0.4) is 0 Å². The summed E-state index contributed by atoms with van der Waals surface area (Å²) >= 11 is 6.14. The van der Waals surface area contributed by atoms with Crippen LogP contribution in [-0.4, -0.2) is 59.4 Å². The van der Waals surface area contributed by atoms with E-state index in [0.29, 0.717) is 37.1 Å². The molecular formula is C32H43ClF2N2O4. The van der Waals surface area contributed by atoms with Crippen LogP contribution < -0.4 is 0 Å². The first kappa shape index (κ1) is 32.6. The fourth-order valence-corrected chi connectivity index (χ4v) is 5.28. The van der Waals surface area contributed by atoms with Crippen molar-refractivity contribution in [2.45, 2.75) is 90.3 Å². The molecule has 9 heteroatoms. The van der Waals surface area contributed by atoms with E-state index in [4.69, 9.17) is 21.1 Å². The van der Waals surface area contributed by atoms with E-state index in [0.717, 1.165) is 36.8 Å². The minimum atomic E-state index is -0.486. The van der Waals surface area contributed by atoms with Crippen LogP contribution in [0.15, 0.2) is 42.5 Å². The normalized spacial score (nSPS) is 17.0. The number of benzene rings is 2. The number of hydrogen-bond donors (Lipinski definition) is 0. The molecule has 2 fully saturated rings. The highest BCUT2D eigenvalue weighted by Gasteiger charge is 2.29. The van der Waals surface area contributed by atoms with Gasteiger partial charge in [-0.15, -0.1) is 0 Å². The summed E-state index contributed by atoms with van der Waals surface area (Å²) in [5, 5.41) is 0.590. The summed E-state index contributed by atoms with van der Waals surface area (Å²) in [5.74, 6) is 0.0392. The van der Waals surface area contributed by atoms with Crippen LogP contribution in [0.2, 0.25) is 5.02 Å². The standard InChI is InChI=1S/C16H21ClFNO2.C16H22FNO2/c1-16(2,3)21-15(20)19-8-6-11(7-9-19)13-10-12(18)4-5-14(13)17;1-16(2,3)20-15(19)18-9-7-12(8-10-18)13-5-4-6-14(17)11-13/h4-5,10-11H,6-9H2,1-3H3;4-6,11-12H,7-10H2,1-3H3. The number of carbonyl (C=O) groups excluding carboxylic acids is 2. The third-order valence-electron chi connectivity index (χ3n) is 7.01. The van der Waals surface area contributed by atoms with E-state index in [1.807, 2.05) is 47.6 Å². The lowest BCUT2D eigenvalue weighted by Gasteiger charge is -2.33. The first-order chi connectivity index (χ1) is 19.1. The largest absolute Gasteiger partial charge is 0.444 e. The van der Waals surface area contributed by atoms with Crippen molar-refractivity contribution in [3.8, 4) is 0 Å². The summed E-state index contributed by atoms with van der Waals surface area (Å²) in [6.07, 6.45) is 2.69. The van der Waals surface area contributed by atoms with Gasteiger partial charge in [-0.05, 0) is 121 Å². The molecule has 0 aromatic heterocycles. The Labute approximate surface area is 247 Å². The molecule has 226 valence electrons. The van der Waals surface area contributed by atoms with Crippen molar-refractivity contribution in [2.75, 3.05) is 26.2 Å². The summed E-state index contributed by atoms with van der Waals surface area (Å²) in [5.41, 5.74) is 0.908. The number of amides is 2. The summed E-state index contributed by atoms with van der Waals surface area (Å²) < 4.78 is 37.3. The second-order valence-electron chi connectivity index (χ2n) is 12.7. The Hall–Kier alpha value is -2.87. The summed E-state index contributed by atoms with van der Waals surface area (Å²) in [6.45, 7) is 13.7. The van der Waals surface area contributed by atoms with Crippen LogP contribution >= 0.6 is 11.6 Å². The number of nitrogens with zero attached hydrogens (tertiary/aromatic N) is 2. The Morgan fingerprint density at radius 2 is 1.20 bits per heavy atom. The van der Waals surface area contributed by atoms with Gasteiger partial charge in [0.25, 0.3) is 0 Å². The van der Waals surface area contributed by atoms with E-state index in [1.54, 1.807) is 28.0 Å². The number of halogens is 3. The lowest BCUT2D eigenvalue weighted by molar-refractivity contribution is 0.0194. The predicted octanol–water partition coefficient (Wildman–Crippen LogP) is 8.53. The second-order valence-corrected chi connectivity index (χ2v) is 13.1. The zero-order chi connectivity index (χ0) is 30.4. The number of rotatable bonds is 2. The molecule has 2 amide bonds. The quantitative estimate of drug-likeness (QED) is 0.351. The maximum Gasteiger partial charge on any atom is 0.410 e. The molecule has 6 nitrogen and oxygen atoms in total. The van der Waals surface area contributed by atoms with Crippen LogP contribution in [0.1, 0.15) is 90.2 Å². The van der Waals surface area contributed by atoms with Crippen LogP contribution in [0, 0.1) is 11.6 Å². The van der Waals surface area contributed by atoms with Gasteiger partial charge in [0.2, 0.25) is 0 Å². The summed E-state index contributed by atoms with van der Waals surface area (Å²) in [7, 11) is 0. The fourth-order valence-electron chi connectivity index (χ4n) is 5.01. The molecule has 2 heterocycles. The molecule has 2 saturated heterocycles. The highest BCUT2D eigenvalue weighted by molar-refractivity contribution is 6.31. The SMILES string of the molecule is CC(C)(C)OC(=O)N1CCC(c2cc(F)ccc2Cl)CC1.CC(C)(C)OC(=O)N1CCC(c2cccc(F)c2)CC1. The number of piperidine rings is 2. The maximum atomic E-state index is 13.3. The molecule has 0 aliphatic carbocycles. The van der Waals surface area contributed by atoms with Gasteiger partial charge in [-0.1, -0.05) is 23.7 Å². The van der Waals surface area contributed by atoms with Crippen LogP contribution in [0.4, 0.5) is 18.4 Å². The van der Waals surface area contributed by atoms with Crippen molar-refractivity contribution in [3.05, 3.63) is 70.2 Å². The van der Waals surface area contributed by atoms with Crippen molar-refractivity contribution in [3.63, 3.8) is 0 Å². The van der Waals surface area contributed by atoms with E-state index in [2.05, 4.69) is 0 Å². The summed E-state index contributed by atoms with van der Waals surface area (Å²) in [4.78, 5) is 27.4. The average Bonchev–Trinajstić information content (AvgIpc) is 2.89. The van der Waals surface area contributed by atoms with Crippen molar-refractivity contribution in [1.82, 2.24) is 9.80 Å². The lowest BCUT2D eigenvalue weighted by atomic mass is 9.89. The van der Waals surface area contributed by atoms with Gasteiger partial charge in [0.1, 0.15) is 22.8 Å². The Morgan fingerprint density at radius 3 is 1.66 bits per heavy atom. The number of hydrogen-bond acceptors (Lipinski definition) is 4. The van der Waals surface area contributed by atoms with Gasteiger partial charge >= 0.3 is 12.2 Å². The van der Waals surface area contributed by atoms with Gasteiger partial charge in [-0.3, -0.25) is 0 Å². The van der Waals surface area contributed by atoms with E-state index in [1.165, 1.54) is 18.2 Å². The first-order valence-corrected chi connectivity index (χ1v) is 14.7. The molecule has 41 heavy (non-hydrogen) atoms. The number of ether oxygens (including phenoxy) is 2. The molecule has 0 spiro atoms. The Bertz CT molecular complexity index is 1180. The summed E-state index contributed by atoms with van der Waals surface area (Å²) in [6, 6.07) is 11.2. The van der Waals surface area contributed by atoms with Crippen molar-refractivity contribution >= 4 is 23.8 Å². The molecule has 0 bridgehead atoms. The van der Waals surface area contributed by atoms with Gasteiger partial charge in [-0.2, -0.15) is 0 Å². The average molecular weight is 593 g/mol. The molecule has 0 N–H and O–H groups in total. The molecule has 2 aromatic carbocycles. The predicted molar refractivity (Wildman–Crippen MR) is 157 cm³/mol. The van der Waals surface area contributed by atoms with Gasteiger partial charge in [0.05, 0.1) is 0 Å². The van der Waals surface area contributed by atoms with Crippen molar-refractivity contribution < 1.29 is 27.8 Å². The molecule has 0 saturated carbocycles. The Balaban J connectivity index is 0.000000226. The third kappa shape index (κ3) is 10.5. The first-order valence-electron chi connectivity index (χ1n) is 14.3. The molecule has 4 rings (SSSR count). The van der Waals surface area contributed by atoms with E-state index in [-0.39, 0.29) is 29.7 Å². The van der Waals surface area contributed by atoms with E-state index in [9.17, 15) is 18.4 Å². The molecular weight excluding hydrogens is 550 g/mol. The van der Waals surface area contributed by atoms with Crippen molar-refractivity contribution in [2.24, 2.45) is 0 Å². The van der Waals surface area contributed by atoms with Crippen molar-refractivity contribution in [1.29, 1.82) is 0 Å². The molecule has 2 aliphatic heterocycles. The highest BCUT2D eigenvalue weighted by Crippen LogP contribution is 2.34. The van der Waals surface area contributed by atoms with Crippen LogP contribution in [0.5, 0.6) is 0 Å². The highest BCUT2D eigenvalue weighted by atomic mass is 35.5. The monoisotopic (exact) mass is 592 g/mol. The molecule has 0 radical (unpaired) electrons. The minimum Gasteiger partial charge on any atom is -0.444 e. The molecule has 2 aromatic rings. The van der Waals surface area contributed by atoms with Crippen LogP contribution in [0.25, 0.3) is 0 Å². The van der Waals surface area contributed by atoms with Gasteiger partial charge in [0.15, 0.2) is 0 Å².